The molecule has 82 valence electrons. The molecule has 0 aromatic rings. The number of halogens is 2. The summed E-state index contributed by atoms with van der Waals surface area (Å²) < 4.78 is 5.06. The summed E-state index contributed by atoms with van der Waals surface area (Å²) in [6.07, 6.45) is 1.54. The Morgan fingerprint density at radius 2 is 1.86 bits per heavy atom. The molecule has 4 N–H and O–H groups in total. The van der Waals surface area contributed by atoms with E-state index in [1.807, 2.05) is 13.8 Å². The Balaban J connectivity index is 5.05. The molecule has 0 bridgehead atoms. The summed E-state index contributed by atoms with van der Waals surface area (Å²) in [6, 6.07) is 0. The highest BCUT2D eigenvalue weighted by molar-refractivity contribution is 6.30. The second kappa shape index (κ2) is 5.49. The largest absolute Gasteiger partial charge is 0.389 e. The number of hydrogen-bond acceptors (Lipinski definition) is 3. The molecule has 0 unspecified atom stereocenters. The number of nitrogens with two attached hydrogens (primary N) is 2. The minimum atomic E-state index is -0.319. The summed E-state index contributed by atoms with van der Waals surface area (Å²) in [5.74, 6) is 0. The van der Waals surface area contributed by atoms with Gasteiger partial charge in [0.25, 0.3) is 0 Å². The van der Waals surface area contributed by atoms with Crippen molar-refractivity contribution in [2.24, 2.45) is 16.9 Å². The lowest BCUT2D eigenvalue weighted by Crippen LogP contribution is -2.23. The Morgan fingerprint density at radius 3 is 2.14 bits per heavy atom. The number of hydrogen-bond donors (Lipinski definition) is 2. The lowest BCUT2D eigenvalue weighted by Gasteiger charge is -2.25. The average molecular weight is 239 g/mol. The maximum atomic E-state index is 5.75. The Morgan fingerprint density at radius 1 is 1.36 bits per heavy atom. The first-order chi connectivity index (χ1) is 6.31. The van der Waals surface area contributed by atoms with Crippen LogP contribution in [0.5, 0.6) is 0 Å². The maximum Gasteiger partial charge on any atom is 0.103 e. The van der Waals surface area contributed by atoms with Crippen LogP contribution in [0.3, 0.4) is 0 Å². The molecule has 0 aromatic heterocycles. The first-order valence-corrected chi connectivity index (χ1v) is 4.84. The second-order valence-corrected chi connectivity index (χ2v) is 4.45. The fourth-order valence-corrected chi connectivity index (χ4v) is 1.58. The van der Waals surface area contributed by atoms with Crippen molar-refractivity contribution in [2.45, 2.75) is 13.8 Å². The predicted molar refractivity (Wildman–Crippen MR) is 60.8 cm³/mol. The summed E-state index contributed by atoms with van der Waals surface area (Å²) in [7, 11) is 1.61. The van der Waals surface area contributed by atoms with Gasteiger partial charge >= 0.3 is 0 Å². The van der Waals surface area contributed by atoms with E-state index in [0.29, 0.717) is 12.2 Å². The lowest BCUT2D eigenvalue weighted by atomic mass is 9.85. The van der Waals surface area contributed by atoms with Gasteiger partial charge in [0, 0.05) is 12.5 Å². The molecule has 0 atom stereocenters. The van der Waals surface area contributed by atoms with Crippen molar-refractivity contribution in [3.8, 4) is 0 Å². The highest BCUT2D eigenvalue weighted by atomic mass is 35.5. The summed E-state index contributed by atoms with van der Waals surface area (Å²) in [6.45, 7) is 4.37. The van der Waals surface area contributed by atoms with Gasteiger partial charge in [0.1, 0.15) is 5.16 Å². The molecular weight excluding hydrogens is 223 g/mol. The molecule has 0 aliphatic heterocycles. The standard InChI is InChI=1S/C9H16Cl2N2O/c1-9(2,5-14-3)6(8(11)13)4-7(10)12/h4H,5,12-13H2,1-3H3/b7-4-,8-6+. The normalized spacial score (nSPS) is 15.4. The van der Waals surface area contributed by atoms with Crippen molar-refractivity contribution in [1.29, 1.82) is 0 Å². The van der Waals surface area contributed by atoms with Crippen molar-refractivity contribution in [1.82, 2.24) is 0 Å². The van der Waals surface area contributed by atoms with Gasteiger partial charge in [0.05, 0.1) is 11.8 Å². The molecule has 5 heteroatoms. The first-order valence-electron chi connectivity index (χ1n) is 4.08. The van der Waals surface area contributed by atoms with Crippen molar-refractivity contribution >= 4 is 23.2 Å². The lowest BCUT2D eigenvalue weighted by molar-refractivity contribution is 0.128. The molecule has 0 saturated heterocycles. The van der Waals surface area contributed by atoms with Gasteiger partial charge in [-0.15, -0.1) is 0 Å². The third-order valence-corrected chi connectivity index (χ3v) is 2.09. The van der Waals surface area contributed by atoms with Gasteiger partial charge in [0.2, 0.25) is 0 Å². The van der Waals surface area contributed by atoms with Crippen LogP contribution >= 0.6 is 23.2 Å². The number of rotatable bonds is 4. The van der Waals surface area contributed by atoms with Crippen molar-refractivity contribution in [3.05, 3.63) is 22.0 Å². The molecule has 3 nitrogen and oxygen atoms in total. The van der Waals surface area contributed by atoms with E-state index in [1.165, 1.54) is 0 Å². The minimum Gasteiger partial charge on any atom is -0.389 e. The zero-order valence-corrected chi connectivity index (χ0v) is 10.1. The molecule has 0 aliphatic rings. The molecule has 0 aromatic carbocycles. The Labute approximate surface area is 94.7 Å². The number of methoxy groups -OCH3 is 1. The van der Waals surface area contributed by atoms with Crippen molar-refractivity contribution in [2.75, 3.05) is 13.7 Å². The van der Waals surface area contributed by atoms with Crippen LogP contribution in [0.15, 0.2) is 22.0 Å². The molecule has 0 heterocycles. The van der Waals surface area contributed by atoms with E-state index in [-0.39, 0.29) is 15.7 Å². The topological polar surface area (TPSA) is 61.3 Å². The summed E-state index contributed by atoms with van der Waals surface area (Å²) in [5.41, 5.74) is 11.2. The molecular formula is C9H16Cl2N2O. The van der Waals surface area contributed by atoms with Crippen LogP contribution in [-0.2, 0) is 4.74 Å². The van der Waals surface area contributed by atoms with E-state index >= 15 is 0 Å². The molecule has 0 spiro atoms. The van der Waals surface area contributed by atoms with E-state index < -0.39 is 0 Å². The molecule has 0 rings (SSSR count). The zero-order valence-electron chi connectivity index (χ0n) is 8.60. The fourth-order valence-electron chi connectivity index (χ4n) is 1.16. The van der Waals surface area contributed by atoms with Gasteiger partial charge in [0.15, 0.2) is 0 Å². The highest BCUT2D eigenvalue weighted by Crippen LogP contribution is 2.30. The van der Waals surface area contributed by atoms with Crippen molar-refractivity contribution < 1.29 is 4.74 Å². The van der Waals surface area contributed by atoms with Crippen LogP contribution in [0.2, 0.25) is 0 Å². The van der Waals surface area contributed by atoms with Crippen LogP contribution in [0.4, 0.5) is 0 Å². The monoisotopic (exact) mass is 238 g/mol. The summed E-state index contributed by atoms with van der Waals surface area (Å²) in [4.78, 5) is 0. The minimum absolute atomic E-state index is 0.146. The van der Waals surface area contributed by atoms with E-state index in [9.17, 15) is 0 Å². The molecule has 0 radical (unpaired) electrons. The molecule has 14 heavy (non-hydrogen) atoms. The Kier molecular flexibility index (Phi) is 5.34. The van der Waals surface area contributed by atoms with Gasteiger partial charge in [-0.1, -0.05) is 37.0 Å². The van der Waals surface area contributed by atoms with Crippen LogP contribution in [-0.4, -0.2) is 13.7 Å². The van der Waals surface area contributed by atoms with Crippen LogP contribution in [0, 0.1) is 5.41 Å². The quantitative estimate of drug-likeness (QED) is 0.583. The van der Waals surface area contributed by atoms with E-state index in [0.717, 1.165) is 0 Å². The van der Waals surface area contributed by atoms with Crippen LogP contribution in [0.1, 0.15) is 13.8 Å². The zero-order chi connectivity index (χ0) is 11.4. The first kappa shape index (κ1) is 13.6. The van der Waals surface area contributed by atoms with Gasteiger partial charge in [-0.3, -0.25) is 0 Å². The van der Waals surface area contributed by atoms with Gasteiger partial charge < -0.3 is 16.2 Å². The second-order valence-electron chi connectivity index (χ2n) is 3.61. The van der Waals surface area contributed by atoms with Crippen molar-refractivity contribution in [3.63, 3.8) is 0 Å². The number of allylic oxidation sites excluding steroid dienone is 1. The van der Waals surface area contributed by atoms with Crippen LogP contribution < -0.4 is 11.5 Å². The van der Waals surface area contributed by atoms with Gasteiger partial charge in [-0.25, -0.2) is 0 Å². The SMILES string of the molecule is COCC(C)(C)C(/C=C(\N)Cl)=C(/N)Cl. The molecule has 0 saturated carbocycles. The maximum absolute atomic E-state index is 5.75. The fraction of sp³-hybridized carbons (Fsp3) is 0.556. The number of ether oxygens (including phenoxy) is 1. The predicted octanol–water partition coefficient (Wildman–Crippen LogP) is 2.11. The van der Waals surface area contributed by atoms with Gasteiger partial charge in [-0.2, -0.15) is 0 Å². The average Bonchev–Trinajstić information content (AvgIpc) is 1.99. The molecule has 0 aliphatic carbocycles. The summed E-state index contributed by atoms with van der Waals surface area (Å²) in [5, 5.41) is 0.323. The molecule has 0 amide bonds. The van der Waals surface area contributed by atoms with E-state index in [1.54, 1.807) is 13.2 Å². The van der Waals surface area contributed by atoms with E-state index in [2.05, 4.69) is 0 Å². The summed E-state index contributed by atoms with van der Waals surface area (Å²) >= 11 is 11.3. The molecule has 0 fully saturated rings. The third-order valence-electron chi connectivity index (χ3n) is 1.77. The van der Waals surface area contributed by atoms with Crippen LogP contribution in [0.25, 0.3) is 0 Å². The third kappa shape index (κ3) is 4.22. The Hall–Kier alpha value is -0.380. The Bertz CT molecular complexity index is 252. The van der Waals surface area contributed by atoms with E-state index in [4.69, 9.17) is 39.4 Å². The highest BCUT2D eigenvalue weighted by Gasteiger charge is 2.24. The smallest absolute Gasteiger partial charge is 0.103 e. The van der Waals surface area contributed by atoms with Gasteiger partial charge in [-0.05, 0) is 11.6 Å².